The molecule has 4 aliphatic rings. The first-order valence-corrected chi connectivity index (χ1v) is 9.80. The molecule has 6 rings (SSSR count). The quantitative estimate of drug-likeness (QED) is 0.842. The Labute approximate surface area is 153 Å². The number of rotatable bonds is 2. The van der Waals surface area contributed by atoms with Crippen molar-refractivity contribution in [1.29, 1.82) is 0 Å². The number of aryl methyl sites for hydroxylation is 2. The molecule has 2 saturated carbocycles. The van der Waals surface area contributed by atoms with E-state index in [9.17, 15) is 4.79 Å². The van der Waals surface area contributed by atoms with E-state index in [-0.39, 0.29) is 6.61 Å². The van der Waals surface area contributed by atoms with Crippen LogP contribution in [0, 0.1) is 0 Å². The van der Waals surface area contributed by atoms with Crippen LogP contribution in [0.2, 0.25) is 0 Å². The number of carbonyl (C=O) groups is 1. The third kappa shape index (κ3) is 2.11. The van der Waals surface area contributed by atoms with E-state index in [2.05, 4.69) is 10.2 Å². The maximum absolute atomic E-state index is 10.8. The van der Waals surface area contributed by atoms with Crippen molar-refractivity contribution in [2.75, 3.05) is 0 Å². The second kappa shape index (κ2) is 5.78. The summed E-state index contributed by atoms with van der Waals surface area (Å²) in [6.45, 7) is 0.104. The van der Waals surface area contributed by atoms with Crippen LogP contribution in [0.15, 0.2) is 0 Å². The summed E-state index contributed by atoms with van der Waals surface area (Å²) in [6.07, 6.45) is 8.62. The third-order valence-corrected chi connectivity index (χ3v) is 7.08. The highest BCUT2D eigenvalue weighted by atomic mass is 16.3. The van der Waals surface area contributed by atoms with Crippen molar-refractivity contribution < 1.29 is 9.90 Å². The van der Waals surface area contributed by atoms with Crippen LogP contribution in [0.3, 0.4) is 0 Å². The zero-order valence-electron chi connectivity index (χ0n) is 15.5. The normalized spacial score (nSPS) is 29.5. The van der Waals surface area contributed by atoms with Gasteiger partial charge in [-0.3, -0.25) is 14.2 Å². The number of hydrogen-bond acceptors (Lipinski definition) is 4. The molecule has 0 amide bonds. The van der Waals surface area contributed by atoms with Crippen molar-refractivity contribution in [2.24, 2.45) is 14.1 Å². The molecule has 4 atom stereocenters. The van der Waals surface area contributed by atoms with Gasteiger partial charge < -0.3 is 5.11 Å². The van der Waals surface area contributed by atoms with Gasteiger partial charge in [-0.25, -0.2) is 0 Å². The summed E-state index contributed by atoms with van der Waals surface area (Å²) in [4.78, 5) is 10.8. The van der Waals surface area contributed by atoms with Crippen molar-refractivity contribution >= 4 is 6.29 Å². The fourth-order valence-corrected chi connectivity index (χ4v) is 6.21. The van der Waals surface area contributed by atoms with E-state index in [0.717, 1.165) is 17.9 Å². The zero-order valence-corrected chi connectivity index (χ0v) is 15.5. The van der Waals surface area contributed by atoms with Crippen molar-refractivity contribution in [3.05, 3.63) is 33.9 Å². The molecule has 0 radical (unpaired) electrons. The first-order valence-electron chi connectivity index (χ1n) is 9.80. The van der Waals surface area contributed by atoms with Gasteiger partial charge in [0, 0.05) is 48.4 Å². The fourth-order valence-electron chi connectivity index (χ4n) is 6.21. The van der Waals surface area contributed by atoms with Gasteiger partial charge in [-0.15, -0.1) is 0 Å². The standard InChI is InChI=1S/C10H14N2O.C10H12N2O/c2*1-12-10-7-3-2-6(4-7)9(10)8(5-13)11-12/h6-7,13H,2-5H2,1H3;5-7H,2-4H2,1H3. The molecule has 2 aromatic rings. The van der Waals surface area contributed by atoms with E-state index in [1.807, 2.05) is 23.5 Å². The monoisotopic (exact) mass is 354 g/mol. The van der Waals surface area contributed by atoms with E-state index >= 15 is 0 Å². The molecule has 1 N–H and O–H groups in total. The van der Waals surface area contributed by atoms with Gasteiger partial charge in [-0.2, -0.15) is 10.2 Å². The predicted octanol–water partition coefficient (Wildman–Crippen LogP) is 2.87. The van der Waals surface area contributed by atoms with Gasteiger partial charge in [0.2, 0.25) is 0 Å². The van der Waals surface area contributed by atoms with Crippen LogP contribution < -0.4 is 0 Å². The van der Waals surface area contributed by atoms with Crippen molar-refractivity contribution in [2.45, 2.75) is 68.8 Å². The SMILES string of the molecule is Cn1nc(C=O)c2c1C1CCC2C1.Cn1nc(CO)c2c1C1CCC2C1. The molecule has 0 aromatic carbocycles. The van der Waals surface area contributed by atoms with E-state index in [4.69, 9.17) is 5.11 Å². The Morgan fingerprint density at radius 2 is 1.46 bits per heavy atom. The second-order valence-electron chi connectivity index (χ2n) is 8.37. The highest BCUT2D eigenvalue weighted by Crippen LogP contribution is 2.54. The molecule has 138 valence electrons. The van der Waals surface area contributed by atoms with Gasteiger partial charge in [0.25, 0.3) is 0 Å². The molecule has 2 fully saturated rings. The molecular weight excluding hydrogens is 328 g/mol. The van der Waals surface area contributed by atoms with Crippen molar-refractivity contribution in [3.8, 4) is 0 Å². The van der Waals surface area contributed by atoms with E-state index in [1.54, 1.807) is 0 Å². The van der Waals surface area contributed by atoms with Crippen LogP contribution in [0.1, 0.15) is 101 Å². The number of aliphatic hydroxyl groups excluding tert-OH is 1. The first-order chi connectivity index (χ1) is 12.6. The summed E-state index contributed by atoms with van der Waals surface area (Å²) in [5, 5.41) is 17.8. The van der Waals surface area contributed by atoms with Gasteiger partial charge >= 0.3 is 0 Å². The molecule has 2 heterocycles. The summed E-state index contributed by atoms with van der Waals surface area (Å²) >= 11 is 0. The van der Waals surface area contributed by atoms with Gasteiger partial charge in [0.1, 0.15) is 5.69 Å². The van der Waals surface area contributed by atoms with E-state index in [0.29, 0.717) is 23.4 Å². The Balaban J connectivity index is 0.000000115. The number of carbonyl (C=O) groups excluding carboxylic acids is 1. The number of aldehydes is 1. The molecule has 0 spiro atoms. The minimum atomic E-state index is 0.104. The maximum Gasteiger partial charge on any atom is 0.170 e. The lowest BCUT2D eigenvalue weighted by Crippen LogP contribution is -2.02. The molecule has 4 bridgehead atoms. The summed E-state index contributed by atoms with van der Waals surface area (Å²) in [7, 11) is 3.95. The maximum atomic E-state index is 10.8. The number of fused-ring (bicyclic) bond motifs is 10. The Bertz CT molecular complexity index is 881. The van der Waals surface area contributed by atoms with Crippen LogP contribution >= 0.6 is 0 Å². The highest BCUT2D eigenvalue weighted by Gasteiger charge is 2.42. The Kier molecular flexibility index (Phi) is 3.61. The summed E-state index contributed by atoms with van der Waals surface area (Å²) in [6, 6.07) is 0. The Morgan fingerprint density at radius 1 is 0.923 bits per heavy atom. The minimum Gasteiger partial charge on any atom is -0.390 e. The van der Waals surface area contributed by atoms with Gasteiger partial charge in [-0.1, -0.05) is 0 Å². The van der Waals surface area contributed by atoms with Crippen LogP contribution in [0.5, 0.6) is 0 Å². The second-order valence-corrected chi connectivity index (χ2v) is 8.37. The number of nitrogens with zero attached hydrogens (tertiary/aromatic N) is 4. The summed E-state index contributed by atoms with van der Waals surface area (Å²) in [5.41, 5.74) is 6.98. The lowest BCUT2D eigenvalue weighted by molar-refractivity contribution is 0.111. The van der Waals surface area contributed by atoms with Crippen LogP contribution in [0.25, 0.3) is 0 Å². The average molecular weight is 354 g/mol. The molecule has 0 saturated heterocycles. The smallest absolute Gasteiger partial charge is 0.170 e. The molecule has 26 heavy (non-hydrogen) atoms. The third-order valence-electron chi connectivity index (χ3n) is 7.08. The zero-order chi connectivity index (χ0) is 18.0. The Hall–Kier alpha value is -1.95. The minimum absolute atomic E-state index is 0.104. The van der Waals surface area contributed by atoms with Crippen LogP contribution in [-0.2, 0) is 20.7 Å². The van der Waals surface area contributed by atoms with Crippen molar-refractivity contribution in [3.63, 3.8) is 0 Å². The molecular formula is C20H26N4O2. The summed E-state index contributed by atoms with van der Waals surface area (Å²) in [5.74, 6) is 2.76. The van der Waals surface area contributed by atoms with Crippen LogP contribution in [-0.4, -0.2) is 31.0 Å². The lowest BCUT2D eigenvalue weighted by atomic mass is 9.96. The molecule has 6 nitrogen and oxygen atoms in total. The van der Waals surface area contributed by atoms with E-state index in [1.165, 1.54) is 61.0 Å². The van der Waals surface area contributed by atoms with E-state index < -0.39 is 0 Å². The average Bonchev–Trinajstić information content (AvgIpc) is 3.45. The van der Waals surface area contributed by atoms with Crippen LogP contribution in [0.4, 0.5) is 0 Å². The lowest BCUT2D eigenvalue weighted by Gasteiger charge is -2.11. The number of aromatic nitrogens is 4. The fraction of sp³-hybridized carbons (Fsp3) is 0.650. The van der Waals surface area contributed by atoms with Gasteiger partial charge in [0.05, 0.1) is 12.3 Å². The Morgan fingerprint density at radius 3 is 2.08 bits per heavy atom. The van der Waals surface area contributed by atoms with Crippen molar-refractivity contribution in [1.82, 2.24) is 19.6 Å². The van der Waals surface area contributed by atoms with Gasteiger partial charge in [0.15, 0.2) is 6.29 Å². The summed E-state index contributed by atoms with van der Waals surface area (Å²) < 4.78 is 3.88. The topological polar surface area (TPSA) is 72.9 Å². The molecule has 2 aromatic heterocycles. The molecule has 6 heteroatoms. The predicted molar refractivity (Wildman–Crippen MR) is 96.4 cm³/mol. The van der Waals surface area contributed by atoms with Gasteiger partial charge in [-0.05, 0) is 50.4 Å². The largest absolute Gasteiger partial charge is 0.390 e. The molecule has 4 aliphatic carbocycles. The number of aliphatic hydroxyl groups is 1. The first kappa shape index (κ1) is 16.2. The number of hydrogen-bond donors (Lipinski definition) is 1. The molecule has 0 aliphatic heterocycles. The molecule has 4 unspecified atom stereocenters. The highest BCUT2D eigenvalue weighted by molar-refractivity contribution is 5.76.